The average molecular weight is 343 g/mol. The molecule has 2 nitrogen and oxygen atoms in total. The van der Waals surface area contributed by atoms with Crippen LogP contribution in [-0.2, 0) is 0 Å². The first-order valence-corrected chi connectivity index (χ1v) is 10.7. The number of hydrogen-bond acceptors (Lipinski definition) is 0. The number of nitrogens with zero attached hydrogens (tertiary/aromatic N) is 2. The fraction of sp³-hybridized carbons (Fsp3) is 1.00. The Morgan fingerprint density at radius 1 is 0.542 bits per heavy atom. The fourth-order valence-corrected chi connectivity index (χ4v) is 3.00. The second-order valence-corrected chi connectivity index (χ2v) is 10.1. The van der Waals surface area contributed by atoms with E-state index in [9.17, 15) is 0 Å². The molecule has 0 amide bonds. The number of likely N-dealkylation sites (N-methyl/N-ethyl adjacent to an activating group) is 2. The van der Waals surface area contributed by atoms with Crippen LogP contribution in [0.4, 0.5) is 0 Å². The van der Waals surface area contributed by atoms with E-state index in [-0.39, 0.29) is 0 Å². The van der Waals surface area contributed by atoms with Gasteiger partial charge in [-0.3, -0.25) is 0 Å². The van der Waals surface area contributed by atoms with Gasteiger partial charge in [0.15, 0.2) is 0 Å². The Labute approximate surface area is 154 Å². The van der Waals surface area contributed by atoms with Crippen LogP contribution in [0, 0.1) is 0 Å². The van der Waals surface area contributed by atoms with E-state index in [1.807, 2.05) is 0 Å². The summed E-state index contributed by atoms with van der Waals surface area (Å²) in [5.74, 6) is 0. The molecule has 0 saturated carbocycles. The second-order valence-electron chi connectivity index (χ2n) is 10.1. The third kappa shape index (κ3) is 11.5. The molecule has 0 heterocycles. The van der Waals surface area contributed by atoms with E-state index in [1.165, 1.54) is 88.3 Å². The van der Waals surface area contributed by atoms with Gasteiger partial charge in [0.2, 0.25) is 0 Å². The van der Waals surface area contributed by atoms with Crippen molar-refractivity contribution in [1.82, 2.24) is 0 Å². The van der Waals surface area contributed by atoms with Crippen LogP contribution in [0.1, 0.15) is 91.9 Å². The predicted molar refractivity (Wildman–Crippen MR) is 110 cm³/mol. The summed E-state index contributed by atoms with van der Waals surface area (Å²) in [6.07, 6.45) is 14.3. The third-order valence-electron chi connectivity index (χ3n) is 6.20. The molecule has 0 aliphatic carbocycles. The summed E-state index contributed by atoms with van der Waals surface area (Å²) in [5.41, 5.74) is 0.330. The van der Waals surface area contributed by atoms with Crippen molar-refractivity contribution >= 4 is 0 Å². The zero-order valence-corrected chi connectivity index (χ0v) is 18.6. The highest BCUT2D eigenvalue weighted by molar-refractivity contribution is 4.60. The number of quaternary nitrogens is 2. The average Bonchev–Trinajstić information content (AvgIpc) is 2.46. The quantitative estimate of drug-likeness (QED) is 0.274. The molecule has 146 valence electrons. The molecular formula is C22H50N2+2. The molecule has 0 radical (unpaired) electrons. The smallest absolute Gasteiger partial charge is 0.128 e. The van der Waals surface area contributed by atoms with E-state index >= 15 is 0 Å². The Bertz CT molecular complexity index is 300. The van der Waals surface area contributed by atoms with Crippen molar-refractivity contribution in [2.75, 3.05) is 47.8 Å². The summed E-state index contributed by atoms with van der Waals surface area (Å²) in [5, 5.41) is 0. The first-order chi connectivity index (χ1) is 11.0. The Balaban J connectivity index is 3.71. The zero-order valence-electron chi connectivity index (χ0n) is 18.6. The van der Waals surface area contributed by atoms with Crippen molar-refractivity contribution < 1.29 is 8.97 Å². The molecule has 2 heteroatoms. The van der Waals surface area contributed by atoms with Crippen LogP contribution in [0.5, 0.6) is 0 Å². The van der Waals surface area contributed by atoms with Crippen LogP contribution in [0.2, 0.25) is 0 Å². The van der Waals surface area contributed by atoms with Crippen molar-refractivity contribution in [1.29, 1.82) is 0 Å². The lowest BCUT2D eigenvalue weighted by molar-refractivity contribution is -0.971. The lowest BCUT2D eigenvalue weighted by Crippen LogP contribution is -2.59. The maximum atomic E-state index is 2.41. The summed E-state index contributed by atoms with van der Waals surface area (Å²) in [6.45, 7) is 13.2. The summed E-state index contributed by atoms with van der Waals surface area (Å²) >= 11 is 0. The van der Waals surface area contributed by atoms with Gasteiger partial charge in [0.05, 0.1) is 40.3 Å². The van der Waals surface area contributed by atoms with Gasteiger partial charge in [-0.05, 0) is 33.6 Å². The predicted octanol–water partition coefficient (Wildman–Crippen LogP) is 5.86. The first kappa shape index (κ1) is 23.9. The van der Waals surface area contributed by atoms with Crippen LogP contribution in [-0.4, -0.2) is 62.3 Å². The van der Waals surface area contributed by atoms with Crippen LogP contribution in [0.3, 0.4) is 0 Å². The summed E-state index contributed by atoms with van der Waals surface area (Å²) in [4.78, 5) is 0. The lowest BCUT2D eigenvalue weighted by Gasteiger charge is -2.44. The molecule has 0 bridgehead atoms. The van der Waals surface area contributed by atoms with Gasteiger partial charge in [-0.25, -0.2) is 0 Å². The van der Waals surface area contributed by atoms with Crippen LogP contribution in [0.15, 0.2) is 0 Å². The van der Waals surface area contributed by atoms with Crippen LogP contribution < -0.4 is 0 Å². The summed E-state index contributed by atoms with van der Waals surface area (Å²) in [6, 6.07) is 0. The molecule has 0 aliphatic heterocycles. The van der Waals surface area contributed by atoms with Gasteiger partial charge < -0.3 is 8.97 Å². The van der Waals surface area contributed by atoms with Gasteiger partial charge >= 0.3 is 0 Å². The van der Waals surface area contributed by atoms with E-state index in [4.69, 9.17) is 0 Å². The Kier molecular flexibility index (Phi) is 11.5. The molecule has 0 N–H and O–H groups in total. The zero-order chi connectivity index (χ0) is 18.7. The van der Waals surface area contributed by atoms with Gasteiger partial charge in [0.25, 0.3) is 0 Å². The Morgan fingerprint density at radius 2 is 0.958 bits per heavy atom. The Hall–Kier alpha value is -0.0800. The van der Waals surface area contributed by atoms with Gasteiger partial charge in [-0.2, -0.15) is 0 Å². The molecular weight excluding hydrogens is 292 g/mol. The molecule has 0 aromatic rings. The number of rotatable bonds is 14. The van der Waals surface area contributed by atoms with E-state index in [1.54, 1.807) is 0 Å². The van der Waals surface area contributed by atoms with Crippen LogP contribution in [0.25, 0.3) is 0 Å². The van der Waals surface area contributed by atoms with Crippen molar-refractivity contribution in [3.63, 3.8) is 0 Å². The molecule has 0 unspecified atom stereocenters. The van der Waals surface area contributed by atoms with E-state index < -0.39 is 0 Å². The molecule has 0 rings (SSSR count). The number of hydrogen-bond donors (Lipinski definition) is 0. The van der Waals surface area contributed by atoms with Gasteiger partial charge in [0, 0.05) is 0 Å². The largest absolute Gasteiger partial charge is 0.324 e. The molecule has 0 aliphatic rings. The first-order valence-electron chi connectivity index (χ1n) is 10.7. The highest BCUT2D eigenvalue weighted by atomic mass is 15.4. The summed E-state index contributed by atoms with van der Waals surface area (Å²) in [7, 11) is 9.58. The maximum absolute atomic E-state index is 2.41. The van der Waals surface area contributed by atoms with Crippen molar-refractivity contribution in [2.45, 2.75) is 97.4 Å². The van der Waals surface area contributed by atoms with E-state index in [0.29, 0.717) is 5.54 Å². The minimum Gasteiger partial charge on any atom is -0.324 e. The standard InChI is InChI=1S/C22H50N2/c1-9-10-11-12-13-14-15-16-17-18-19-23(5,6)20-21-24(7,8)22(2,3)4/h9-21H2,1-8H3/q+2. The Morgan fingerprint density at radius 3 is 1.38 bits per heavy atom. The molecule has 0 atom stereocenters. The minimum atomic E-state index is 0.330. The molecule has 0 saturated heterocycles. The molecule has 24 heavy (non-hydrogen) atoms. The monoisotopic (exact) mass is 342 g/mol. The van der Waals surface area contributed by atoms with Crippen molar-refractivity contribution in [3.8, 4) is 0 Å². The van der Waals surface area contributed by atoms with E-state index in [0.717, 1.165) is 4.48 Å². The highest BCUT2D eigenvalue weighted by Gasteiger charge is 2.33. The van der Waals surface area contributed by atoms with Crippen molar-refractivity contribution in [2.24, 2.45) is 0 Å². The molecule has 0 aromatic carbocycles. The topological polar surface area (TPSA) is 0 Å². The highest BCUT2D eigenvalue weighted by Crippen LogP contribution is 2.19. The van der Waals surface area contributed by atoms with E-state index in [2.05, 4.69) is 55.9 Å². The molecule has 0 fully saturated rings. The normalized spacial score (nSPS) is 13.5. The fourth-order valence-electron chi connectivity index (χ4n) is 3.00. The molecule has 0 spiro atoms. The second kappa shape index (κ2) is 11.5. The van der Waals surface area contributed by atoms with Gasteiger partial charge in [-0.1, -0.05) is 58.3 Å². The minimum absolute atomic E-state index is 0.330. The van der Waals surface area contributed by atoms with Gasteiger partial charge in [-0.15, -0.1) is 0 Å². The van der Waals surface area contributed by atoms with Crippen molar-refractivity contribution in [3.05, 3.63) is 0 Å². The number of unbranched alkanes of at least 4 members (excludes halogenated alkanes) is 9. The van der Waals surface area contributed by atoms with Gasteiger partial charge in [0.1, 0.15) is 13.1 Å². The summed E-state index contributed by atoms with van der Waals surface area (Å²) < 4.78 is 2.28. The third-order valence-corrected chi connectivity index (χ3v) is 6.20. The SMILES string of the molecule is CCCCCCCCCCCC[N+](C)(C)CC[N+](C)(C)C(C)(C)C. The molecule has 0 aromatic heterocycles. The lowest BCUT2D eigenvalue weighted by atomic mass is 10.0. The van der Waals surface area contributed by atoms with Crippen LogP contribution >= 0.6 is 0 Å². The maximum Gasteiger partial charge on any atom is 0.128 e.